The van der Waals surface area contributed by atoms with Crippen molar-refractivity contribution in [3.8, 4) is 0 Å². The van der Waals surface area contributed by atoms with Gasteiger partial charge in [0.1, 0.15) is 0 Å². The highest BCUT2D eigenvalue weighted by molar-refractivity contribution is 4.81. The summed E-state index contributed by atoms with van der Waals surface area (Å²) in [4.78, 5) is 2.57. The first-order chi connectivity index (χ1) is 7.25. The number of rotatable bonds is 3. The monoisotopic (exact) mass is 212 g/mol. The number of piperidine rings is 1. The van der Waals surface area contributed by atoms with Crippen LogP contribution >= 0.6 is 0 Å². The van der Waals surface area contributed by atoms with Gasteiger partial charge in [-0.2, -0.15) is 0 Å². The fourth-order valence-electron chi connectivity index (χ4n) is 2.77. The van der Waals surface area contributed by atoms with Crippen LogP contribution in [-0.2, 0) is 4.74 Å². The topological polar surface area (TPSA) is 38.5 Å². The molecule has 3 nitrogen and oxygen atoms in total. The van der Waals surface area contributed by atoms with Crippen molar-refractivity contribution in [3.05, 3.63) is 0 Å². The van der Waals surface area contributed by atoms with E-state index in [1.807, 2.05) is 0 Å². The van der Waals surface area contributed by atoms with Crippen LogP contribution in [0.25, 0.3) is 0 Å². The smallest absolute Gasteiger partial charge is 0.0588 e. The van der Waals surface area contributed by atoms with Gasteiger partial charge in [-0.25, -0.2) is 0 Å². The van der Waals surface area contributed by atoms with E-state index in [-0.39, 0.29) is 0 Å². The quantitative estimate of drug-likeness (QED) is 0.768. The van der Waals surface area contributed by atoms with E-state index >= 15 is 0 Å². The molecule has 0 saturated carbocycles. The molecule has 0 radical (unpaired) electrons. The van der Waals surface area contributed by atoms with Gasteiger partial charge in [-0.3, -0.25) is 0 Å². The molecule has 2 fully saturated rings. The molecule has 88 valence electrons. The summed E-state index contributed by atoms with van der Waals surface area (Å²) in [5.74, 6) is 0. The van der Waals surface area contributed by atoms with E-state index in [2.05, 4.69) is 11.8 Å². The van der Waals surface area contributed by atoms with E-state index in [1.165, 1.54) is 32.4 Å². The fourth-order valence-corrected chi connectivity index (χ4v) is 2.77. The first kappa shape index (κ1) is 11.4. The molecule has 3 heteroatoms. The zero-order chi connectivity index (χ0) is 10.7. The van der Waals surface area contributed by atoms with Gasteiger partial charge in [-0.1, -0.05) is 0 Å². The van der Waals surface area contributed by atoms with E-state index in [1.54, 1.807) is 0 Å². The second kappa shape index (κ2) is 5.28. The lowest BCUT2D eigenvalue weighted by Crippen LogP contribution is -2.46. The SMILES string of the molecule is CC1CC(N)CCN1CCC1CCCO1. The maximum Gasteiger partial charge on any atom is 0.0588 e. The Balaban J connectivity index is 1.69. The Morgan fingerprint density at radius 3 is 2.93 bits per heavy atom. The summed E-state index contributed by atoms with van der Waals surface area (Å²) >= 11 is 0. The normalized spacial score (nSPS) is 38.4. The Morgan fingerprint density at radius 2 is 2.27 bits per heavy atom. The first-order valence-electron chi connectivity index (χ1n) is 6.37. The minimum atomic E-state index is 0.430. The number of nitrogens with two attached hydrogens (primary N) is 1. The van der Waals surface area contributed by atoms with Crippen molar-refractivity contribution in [2.45, 2.75) is 57.2 Å². The second-order valence-corrected chi connectivity index (χ2v) is 5.09. The zero-order valence-electron chi connectivity index (χ0n) is 9.82. The summed E-state index contributed by atoms with van der Waals surface area (Å²) in [6.45, 7) is 5.65. The van der Waals surface area contributed by atoms with Gasteiger partial charge in [0.15, 0.2) is 0 Å². The van der Waals surface area contributed by atoms with Gasteiger partial charge in [-0.15, -0.1) is 0 Å². The molecule has 2 aliphatic rings. The molecule has 0 bridgehead atoms. The summed E-state index contributed by atoms with van der Waals surface area (Å²) in [6.07, 6.45) is 6.58. The maximum atomic E-state index is 5.95. The predicted octanol–water partition coefficient (Wildman–Crippen LogP) is 1.37. The molecule has 0 aliphatic carbocycles. The summed E-state index contributed by atoms with van der Waals surface area (Å²) in [5, 5.41) is 0. The highest BCUT2D eigenvalue weighted by Gasteiger charge is 2.24. The Hall–Kier alpha value is -0.120. The minimum Gasteiger partial charge on any atom is -0.378 e. The molecule has 0 aromatic rings. The number of hydrogen-bond acceptors (Lipinski definition) is 3. The van der Waals surface area contributed by atoms with E-state index in [0.717, 1.165) is 19.4 Å². The third kappa shape index (κ3) is 3.16. The molecule has 2 saturated heterocycles. The van der Waals surface area contributed by atoms with E-state index in [0.29, 0.717) is 18.2 Å². The van der Waals surface area contributed by atoms with Crippen LogP contribution in [0, 0.1) is 0 Å². The van der Waals surface area contributed by atoms with Crippen molar-refractivity contribution < 1.29 is 4.74 Å². The maximum absolute atomic E-state index is 5.95. The van der Waals surface area contributed by atoms with Crippen LogP contribution in [0.4, 0.5) is 0 Å². The van der Waals surface area contributed by atoms with Crippen molar-refractivity contribution in [1.82, 2.24) is 4.90 Å². The van der Waals surface area contributed by atoms with Crippen molar-refractivity contribution in [1.29, 1.82) is 0 Å². The van der Waals surface area contributed by atoms with Crippen LogP contribution in [-0.4, -0.2) is 42.8 Å². The average molecular weight is 212 g/mol. The lowest BCUT2D eigenvalue weighted by atomic mass is 9.98. The molecule has 0 amide bonds. The van der Waals surface area contributed by atoms with Crippen molar-refractivity contribution in [3.63, 3.8) is 0 Å². The van der Waals surface area contributed by atoms with E-state index in [9.17, 15) is 0 Å². The van der Waals surface area contributed by atoms with Gasteiger partial charge < -0.3 is 15.4 Å². The summed E-state index contributed by atoms with van der Waals surface area (Å²) in [5.41, 5.74) is 5.95. The summed E-state index contributed by atoms with van der Waals surface area (Å²) in [6, 6.07) is 1.09. The van der Waals surface area contributed by atoms with Gasteiger partial charge in [0.05, 0.1) is 6.10 Å². The van der Waals surface area contributed by atoms with Crippen LogP contribution in [0.5, 0.6) is 0 Å². The van der Waals surface area contributed by atoms with Crippen molar-refractivity contribution in [2.24, 2.45) is 5.73 Å². The van der Waals surface area contributed by atoms with Crippen molar-refractivity contribution >= 4 is 0 Å². The molecular weight excluding hydrogens is 188 g/mol. The number of nitrogens with zero attached hydrogens (tertiary/aromatic N) is 1. The van der Waals surface area contributed by atoms with Crippen LogP contribution in [0.2, 0.25) is 0 Å². The highest BCUT2D eigenvalue weighted by atomic mass is 16.5. The second-order valence-electron chi connectivity index (χ2n) is 5.09. The molecule has 15 heavy (non-hydrogen) atoms. The zero-order valence-corrected chi connectivity index (χ0v) is 9.82. The molecule has 2 N–H and O–H groups in total. The van der Waals surface area contributed by atoms with E-state index in [4.69, 9.17) is 10.5 Å². The average Bonchev–Trinajstić information content (AvgIpc) is 2.69. The summed E-state index contributed by atoms with van der Waals surface area (Å²) in [7, 11) is 0. The van der Waals surface area contributed by atoms with Gasteiger partial charge in [0.2, 0.25) is 0 Å². The highest BCUT2D eigenvalue weighted by Crippen LogP contribution is 2.19. The summed E-state index contributed by atoms with van der Waals surface area (Å²) < 4.78 is 5.65. The molecule has 2 rings (SSSR count). The first-order valence-corrected chi connectivity index (χ1v) is 6.37. The van der Waals surface area contributed by atoms with Gasteiger partial charge in [0.25, 0.3) is 0 Å². The molecule has 3 unspecified atom stereocenters. The predicted molar refractivity (Wildman–Crippen MR) is 61.8 cm³/mol. The number of ether oxygens (including phenoxy) is 1. The molecule has 2 heterocycles. The van der Waals surface area contributed by atoms with Crippen LogP contribution < -0.4 is 5.73 Å². The lowest BCUT2D eigenvalue weighted by molar-refractivity contribution is 0.0759. The fraction of sp³-hybridized carbons (Fsp3) is 1.00. The number of likely N-dealkylation sites (tertiary alicyclic amines) is 1. The Kier molecular flexibility index (Phi) is 4.00. The Morgan fingerprint density at radius 1 is 1.40 bits per heavy atom. The third-order valence-corrected chi connectivity index (χ3v) is 3.82. The van der Waals surface area contributed by atoms with Gasteiger partial charge in [-0.05, 0) is 45.6 Å². The molecule has 0 spiro atoms. The van der Waals surface area contributed by atoms with Crippen LogP contribution in [0.1, 0.15) is 39.0 Å². The Labute approximate surface area is 93.0 Å². The Bertz CT molecular complexity index is 192. The molecule has 0 aromatic carbocycles. The van der Waals surface area contributed by atoms with Crippen LogP contribution in [0.3, 0.4) is 0 Å². The van der Waals surface area contributed by atoms with Crippen LogP contribution in [0.15, 0.2) is 0 Å². The number of hydrogen-bond donors (Lipinski definition) is 1. The van der Waals surface area contributed by atoms with Crippen molar-refractivity contribution in [2.75, 3.05) is 19.7 Å². The molecule has 0 aromatic heterocycles. The van der Waals surface area contributed by atoms with E-state index < -0.39 is 0 Å². The molecule has 3 atom stereocenters. The standard InChI is InChI=1S/C12H24N2O/c1-10-9-11(13)4-6-14(10)7-5-12-3-2-8-15-12/h10-12H,2-9,13H2,1H3. The van der Waals surface area contributed by atoms with Gasteiger partial charge >= 0.3 is 0 Å². The minimum absolute atomic E-state index is 0.430. The largest absolute Gasteiger partial charge is 0.378 e. The molecule has 2 aliphatic heterocycles. The molecular formula is C12H24N2O. The lowest BCUT2D eigenvalue weighted by Gasteiger charge is -2.36. The third-order valence-electron chi connectivity index (χ3n) is 3.82. The van der Waals surface area contributed by atoms with Gasteiger partial charge in [0, 0.05) is 25.2 Å².